The Morgan fingerprint density at radius 3 is 2.71 bits per heavy atom. The zero-order valence-electron chi connectivity index (χ0n) is 11.4. The molecule has 0 aliphatic rings. The molecule has 0 unspecified atom stereocenters. The van der Waals surface area contributed by atoms with E-state index in [2.05, 4.69) is 26.2 Å². The summed E-state index contributed by atoms with van der Waals surface area (Å²) in [5, 5.41) is 4.41. The van der Waals surface area contributed by atoms with E-state index in [1.807, 2.05) is 54.6 Å². The van der Waals surface area contributed by atoms with Crippen molar-refractivity contribution in [1.82, 2.24) is 4.98 Å². The van der Waals surface area contributed by atoms with Crippen LogP contribution in [0, 0.1) is 0 Å². The number of para-hydroxylation sites is 1. The highest BCUT2D eigenvalue weighted by atomic mass is 79.9. The summed E-state index contributed by atoms with van der Waals surface area (Å²) >= 11 is 3.42. The summed E-state index contributed by atoms with van der Waals surface area (Å²) < 4.78 is 6.80. The lowest BCUT2D eigenvalue weighted by atomic mass is 10.2. The molecule has 4 heteroatoms. The molecule has 1 heterocycles. The van der Waals surface area contributed by atoms with Crippen molar-refractivity contribution >= 4 is 32.5 Å². The van der Waals surface area contributed by atoms with Gasteiger partial charge >= 0.3 is 0 Å². The van der Waals surface area contributed by atoms with E-state index < -0.39 is 0 Å². The fourth-order valence-corrected chi connectivity index (χ4v) is 2.33. The van der Waals surface area contributed by atoms with Crippen molar-refractivity contribution in [2.24, 2.45) is 0 Å². The van der Waals surface area contributed by atoms with Crippen molar-refractivity contribution in [2.75, 3.05) is 18.5 Å². The fourth-order valence-electron chi connectivity index (χ4n) is 2.06. The second-order valence-corrected chi connectivity index (χ2v) is 5.56. The molecule has 1 N–H and O–H groups in total. The predicted molar refractivity (Wildman–Crippen MR) is 89.9 cm³/mol. The Morgan fingerprint density at radius 1 is 1.05 bits per heavy atom. The maximum absolute atomic E-state index is 5.73. The first-order valence-corrected chi connectivity index (χ1v) is 7.57. The topological polar surface area (TPSA) is 34.1 Å². The van der Waals surface area contributed by atoms with Gasteiger partial charge in [0, 0.05) is 22.1 Å². The summed E-state index contributed by atoms with van der Waals surface area (Å²) in [5.41, 5.74) is 2.07. The smallest absolute Gasteiger partial charge is 0.138 e. The molecule has 0 atom stereocenters. The van der Waals surface area contributed by atoms with Gasteiger partial charge in [0.15, 0.2) is 0 Å². The molecule has 21 heavy (non-hydrogen) atoms. The quantitative estimate of drug-likeness (QED) is 0.693. The summed E-state index contributed by atoms with van der Waals surface area (Å²) in [5.74, 6) is 0.798. The number of aromatic nitrogens is 1. The molecule has 0 saturated heterocycles. The zero-order valence-corrected chi connectivity index (χ0v) is 13.0. The van der Waals surface area contributed by atoms with E-state index in [1.54, 1.807) is 6.20 Å². The van der Waals surface area contributed by atoms with Crippen LogP contribution in [-0.2, 0) is 0 Å². The molecule has 3 rings (SSSR count). The SMILES string of the molecule is Brc1ccc(NCCOc2cnc3ccccc3c2)cc1. The molecule has 0 fully saturated rings. The van der Waals surface area contributed by atoms with Crippen molar-refractivity contribution in [3.05, 3.63) is 65.3 Å². The Kier molecular flexibility index (Phi) is 4.36. The Labute approximate surface area is 132 Å². The Balaban J connectivity index is 1.53. The average Bonchev–Trinajstić information content (AvgIpc) is 2.53. The minimum atomic E-state index is 0.593. The van der Waals surface area contributed by atoms with Crippen LogP contribution in [0.15, 0.2) is 65.3 Å². The monoisotopic (exact) mass is 342 g/mol. The van der Waals surface area contributed by atoms with Gasteiger partial charge < -0.3 is 10.1 Å². The van der Waals surface area contributed by atoms with E-state index in [0.717, 1.165) is 33.4 Å². The van der Waals surface area contributed by atoms with Crippen LogP contribution in [0.2, 0.25) is 0 Å². The van der Waals surface area contributed by atoms with Crippen LogP contribution in [-0.4, -0.2) is 18.1 Å². The first kappa shape index (κ1) is 13.9. The van der Waals surface area contributed by atoms with Gasteiger partial charge in [0.25, 0.3) is 0 Å². The Hall–Kier alpha value is -2.07. The third-order valence-corrected chi connectivity index (χ3v) is 3.64. The van der Waals surface area contributed by atoms with Gasteiger partial charge in [0.1, 0.15) is 12.4 Å². The highest BCUT2D eigenvalue weighted by Gasteiger charge is 1.98. The van der Waals surface area contributed by atoms with Gasteiger partial charge in [-0.25, -0.2) is 0 Å². The normalized spacial score (nSPS) is 10.5. The third kappa shape index (κ3) is 3.73. The van der Waals surface area contributed by atoms with Crippen LogP contribution >= 0.6 is 15.9 Å². The molecule has 0 saturated carbocycles. The minimum absolute atomic E-state index is 0.593. The predicted octanol–water partition coefficient (Wildman–Crippen LogP) is 4.49. The van der Waals surface area contributed by atoms with E-state index in [4.69, 9.17) is 4.74 Å². The molecular weight excluding hydrogens is 328 g/mol. The van der Waals surface area contributed by atoms with Crippen molar-refractivity contribution < 1.29 is 4.74 Å². The average molecular weight is 343 g/mol. The highest BCUT2D eigenvalue weighted by molar-refractivity contribution is 9.10. The van der Waals surface area contributed by atoms with Crippen LogP contribution in [0.3, 0.4) is 0 Å². The van der Waals surface area contributed by atoms with Gasteiger partial charge in [0.05, 0.1) is 11.7 Å². The number of pyridine rings is 1. The second-order valence-electron chi connectivity index (χ2n) is 4.65. The van der Waals surface area contributed by atoms with E-state index in [1.165, 1.54) is 0 Å². The number of hydrogen-bond donors (Lipinski definition) is 1. The van der Waals surface area contributed by atoms with Gasteiger partial charge in [-0.15, -0.1) is 0 Å². The summed E-state index contributed by atoms with van der Waals surface area (Å²) in [4.78, 5) is 4.38. The molecule has 0 spiro atoms. The van der Waals surface area contributed by atoms with Gasteiger partial charge in [-0.2, -0.15) is 0 Å². The largest absolute Gasteiger partial charge is 0.490 e. The number of fused-ring (bicyclic) bond motifs is 1. The fraction of sp³-hybridized carbons (Fsp3) is 0.118. The first-order valence-electron chi connectivity index (χ1n) is 6.78. The van der Waals surface area contributed by atoms with E-state index in [9.17, 15) is 0 Å². The van der Waals surface area contributed by atoms with Crippen molar-refractivity contribution in [3.8, 4) is 5.75 Å². The molecule has 1 aromatic heterocycles. The van der Waals surface area contributed by atoms with Gasteiger partial charge in [-0.05, 0) is 36.4 Å². The highest BCUT2D eigenvalue weighted by Crippen LogP contribution is 2.18. The maximum Gasteiger partial charge on any atom is 0.138 e. The number of hydrogen-bond acceptors (Lipinski definition) is 3. The standard InChI is InChI=1S/C17H15BrN2O/c18-14-5-7-15(8-6-14)19-9-10-21-16-11-13-3-1-2-4-17(13)20-12-16/h1-8,11-12,19H,9-10H2. The van der Waals surface area contributed by atoms with Crippen molar-refractivity contribution in [2.45, 2.75) is 0 Å². The van der Waals surface area contributed by atoms with Crippen molar-refractivity contribution in [3.63, 3.8) is 0 Å². The third-order valence-electron chi connectivity index (χ3n) is 3.11. The lowest BCUT2D eigenvalue weighted by Gasteiger charge is -2.09. The summed E-state index contributed by atoms with van der Waals surface area (Å²) in [7, 11) is 0. The first-order chi connectivity index (χ1) is 10.3. The Morgan fingerprint density at radius 2 is 1.86 bits per heavy atom. The Bertz CT molecular complexity index is 728. The molecule has 0 aliphatic heterocycles. The number of ether oxygens (including phenoxy) is 1. The number of benzene rings is 2. The second kappa shape index (κ2) is 6.59. The lowest BCUT2D eigenvalue weighted by Crippen LogP contribution is -2.11. The number of halogens is 1. The molecule has 0 aliphatic carbocycles. The van der Waals surface area contributed by atoms with Crippen LogP contribution in [0.1, 0.15) is 0 Å². The van der Waals surface area contributed by atoms with Gasteiger partial charge in [0.2, 0.25) is 0 Å². The van der Waals surface area contributed by atoms with Crippen LogP contribution in [0.25, 0.3) is 10.9 Å². The van der Waals surface area contributed by atoms with Gasteiger partial charge in [-0.1, -0.05) is 34.1 Å². The lowest BCUT2D eigenvalue weighted by molar-refractivity contribution is 0.332. The summed E-state index contributed by atoms with van der Waals surface area (Å²) in [6, 6.07) is 18.1. The van der Waals surface area contributed by atoms with E-state index >= 15 is 0 Å². The molecule has 0 radical (unpaired) electrons. The molecule has 0 amide bonds. The van der Waals surface area contributed by atoms with E-state index in [-0.39, 0.29) is 0 Å². The molecule has 3 nitrogen and oxygen atoms in total. The molecule has 0 bridgehead atoms. The zero-order chi connectivity index (χ0) is 14.5. The van der Waals surface area contributed by atoms with Crippen LogP contribution in [0.4, 0.5) is 5.69 Å². The maximum atomic E-state index is 5.73. The van der Waals surface area contributed by atoms with Crippen LogP contribution in [0.5, 0.6) is 5.75 Å². The summed E-state index contributed by atoms with van der Waals surface area (Å²) in [6.07, 6.45) is 1.77. The van der Waals surface area contributed by atoms with Crippen molar-refractivity contribution in [1.29, 1.82) is 0 Å². The molecule has 3 aromatic rings. The number of anilines is 1. The molecule has 2 aromatic carbocycles. The van der Waals surface area contributed by atoms with Crippen LogP contribution < -0.4 is 10.1 Å². The molecule has 106 valence electrons. The van der Waals surface area contributed by atoms with Gasteiger partial charge in [-0.3, -0.25) is 4.98 Å². The number of nitrogens with one attached hydrogen (secondary N) is 1. The number of rotatable bonds is 5. The van der Waals surface area contributed by atoms with E-state index in [0.29, 0.717) is 6.61 Å². The number of nitrogens with zero attached hydrogens (tertiary/aromatic N) is 1. The minimum Gasteiger partial charge on any atom is -0.490 e. The summed E-state index contributed by atoms with van der Waals surface area (Å²) in [6.45, 7) is 1.34. The molecular formula is C17H15BrN2O.